The Labute approximate surface area is 130 Å². The highest BCUT2D eigenvalue weighted by Crippen LogP contribution is 2.39. The minimum atomic E-state index is 0.255. The Morgan fingerprint density at radius 3 is 1.67 bits per heavy atom. The van der Waals surface area contributed by atoms with Gasteiger partial charge in [0.15, 0.2) is 0 Å². The molecule has 1 saturated heterocycles. The predicted molar refractivity (Wildman–Crippen MR) is 85.5 cm³/mol. The van der Waals surface area contributed by atoms with Crippen LogP contribution in [0.25, 0.3) is 0 Å². The summed E-state index contributed by atoms with van der Waals surface area (Å²) in [6, 6.07) is 0. The van der Waals surface area contributed by atoms with Gasteiger partial charge in [0.1, 0.15) is 0 Å². The van der Waals surface area contributed by atoms with Crippen LogP contribution in [0.5, 0.6) is 0 Å². The summed E-state index contributed by atoms with van der Waals surface area (Å²) in [5, 5.41) is 0. The van der Waals surface area contributed by atoms with Crippen molar-refractivity contribution in [3.8, 4) is 0 Å². The van der Waals surface area contributed by atoms with E-state index in [1.807, 2.05) is 0 Å². The highest BCUT2D eigenvalue weighted by molar-refractivity contribution is 5.14. The maximum atomic E-state index is 5.98. The molecule has 2 aliphatic heterocycles. The first-order valence-electron chi connectivity index (χ1n) is 8.86. The van der Waals surface area contributed by atoms with Crippen molar-refractivity contribution >= 4 is 0 Å². The summed E-state index contributed by atoms with van der Waals surface area (Å²) < 4.78 is 17.7. The molecule has 0 aromatic rings. The summed E-state index contributed by atoms with van der Waals surface area (Å²) in [7, 11) is 0. The number of unbranched alkanes of at least 4 members (excludes halogenated alkanes) is 4. The van der Waals surface area contributed by atoms with Crippen LogP contribution in [0.2, 0.25) is 0 Å². The molecule has 0 amide bonds. The van der Waals surface area contributed by atoms with Gasteiger partial charge in [0.05, 0.1) is 25.4 Å². The van der Waals surface area contributed by atoms with Crippen molar-refractivity contribution in [2.45, 2.75) is 64.6 Å². The molecule has 2 heterocycles. The first kappa shape index (κ1) is 17.0. The third-order valence-corrected chi connectivity index (χ3v) is 4.60. The lowest BCUT2D eigenvalue weighted by Gasteiger charge is -2.25. The molecule has 0 aromatic carbocycles. The van der Waals surface area contributed by atoms with E-state index in [1.54, 1.807) is 0 Å². The lowest BCUT2D eigenvalue weighted by molar-refractivity contribution is 0.0380. The summed E-state index contributed by atoms with van der Waals surface area (Å²) in [4.78, 5) is 0. The number of fused-ring (bicyclic) bond motifs is 2. The van der Waals surface area contributed by atoms with Gasteiger partial charge in [-0.15, -0.1) is 0 Å². The van der Waals surface area contributed by atoms with Gasteiger partial charge in [-0.3, -0.25) is 0 Å². The lowest BCUT2D eigenvalue weighted by Crippen LogP contribution is -2.31. The van der Waals surface area contributed by atoms with Crippen LogP contribution in [0.1, 0.15) is 52.4 Å². The molecule has 0 radical (unpaired) electrons. The Morgan fingerprint density at radius 1 is 0.762 bits per heavy atom. The van der Waals surface area contributed by atoms with Crippen LogP contribution in [0.15, 0.2) is 12.2 Å². The summed E-state index contributed by atoms with van der Waals surface area (Å²) >= 11 is 0. The summed E-state index contributed by atoms with van der Waals surface area (Å²) in [6.45, 7) is 7.85. The fourth-order valence-electron chi connectivity index (χ4n) is 3.25. The Bertz CT molecular complexity index is 275. The summed E-state index contributed by atoms with van der Waals surface area (Å²) in [6.07, 6.45) is 12.3. The zero-order valence-electron chi connectivity index (χ0n) is 13.8. The van der Waals surface area contributed by atoms with Gasteiger partial charge in [-0.05, 0) is 12.8 Å². The standard InChI is InChI=1S/C18H32O3/c1-3-5-7-11-19-13-15-16(14-20-12-8-6-4-2)18-10-9-17(15)21-18/h9-10,15-18H,3-8,11-14H2,1-2H3. The van der Waals surface area contributed by atoms with Crippen molar-refractivity contribution in [3.63, 3.8) is 0 Å². The molecule has 0 aromatic heterocycles. The largest absolute Gasteiger partial charge is 0.381 e. The second kappa shape index (κ2) is 9.60. The van der Waals surface area contributed by atoms with Crippen LogP contribution in [0.4, 0.5) is 0 Å². The van der Waals surface area contributed by atoms with Gasteiger partial charge in [-0.1, -0.05) is 51.7 Å². The molecule has 2 bridgehead atoms. The molecule has 2 rings (SSSR count). The molecule has 4 unspecified atom stereocenters. The molecule has 4 atom stereocenters. The Balaban J connectivity index is 1.66. The van der Waals surface area contributed by atoms with E-state index in [0.29, 0.717) is 11.8 Å². The zero-order chi connectivity index (χ0) is 14.9. The number of hydrogen-bond donors (Lipinski definition) is 0. The number of ether oxygens (including phenoxy) is 3. The van der Waals surface area contributed by atoms with Crippen molar-refractivity contribution in [1.29, 1.82) is 0 Å². The Kier molecular flexibility index (Phi) is 7.76. The lowest BCUT2D eigenvalue weighted by atomic mass is 9.84. The molecule has 0 saturated carbocycles. The maximum absolute atomic E-state index is 5.98. The van der Waals surface area contributed by atoms with Crippen molar-refractivity contribution in [3.05, 3.63) is 12.2 Å². The van der Waals surface area contributed by atoms with E-state index in [0.717, 1.165) is 26.4 Å². The van der Waals surface area contributed by atoms with Gasteiger partial charge in [-0.2, -0.15) is 0 Å². The molecule has 0 spiro atoms. The maximum Gasteiger partial charge on any atom is 0.0819 e. The van der Waals surface area contributed by atoms with Crippen LogP contribution >= 0.6 is 0 Å². The van der Waals surface area contributed by atoms with Gasteiger partial charge in [-0.25, -0.2) is 0 Å². The third kappa shape index (κ3) is 5.08. The van der Waals surface area contributed by atoms with Gasteiger partial charge in [0, 0.05) is 25.0 Å². The first-order valence-corrected chi connectivity index (χ1v) is 8.86. The zero-order valence-corrected chi connectivity index (χ0v) is 13.8. The molecular formula is C18H32O3. The normalized spacial score (nSPS) is 30.4. The third-order valence-electron chi connectivity index (χ3n) is 4.60. The molecule has 1 fully saturated rings. The van der Waals surface area contributed by atoms with Gasteiger partial charge < -0.3 is 14.2 Å². The first-order chi connectivity index (χ1) is 10.4. The minimum Gasteiger partial charge on any atom is -0.381 e. The quantitative estimate of drug-likeness (QED) is 0.403. The van der Waals surface area contributed by atoms with Crippen LogP contribution in [-0.2, 0) is 14.2 Å². The van der Waals surface area contributed by atoms with Crippen molar-refractivity contribution in [1.82, 2.24) is 0 Å². The second-order valence-corrected chi connectivity index (χ2v) is 6.34. The molecule has 0 N–H and O–H groups in total. The molecule has 21 heavy (non-hydrogen) atoms. The molecule has 2 aliphatic rings. The average molecular weight is 296 g/mol. The fourth-order valence-corrected chi connectivity index (χ4v) is 3.25. The van der Waals surface area contributed by atoms with Gasteiger partial charge in [0.25, 0.3) is 0 Å². The van der Waals surface area contributed by atoms with E-state index in [4.69, 9.17) is 14.2 Å². The molecule has 3 heteroatoms. The van der Waals surface area contributed by atoms with E-state index < -0.39 is 0 Å². The SMILES string of the molecule is CCCCCOCC1C2C=CC(O2)C1COCCCCC. The monoisotopic (exact) mass is 296 g/mol. The van der Waals surface area contributed by atoms with Crippen molar-refractivity contribution < 1.29 is 14.2 Å². The Hall–Kier alpha value is -0.380. The average Bonchev–Trinajstić information content (AvgIpc) is 3.09. The number of rotatable bonds is 12. The van der Waals surface area contributed by atoms with E-state index in [-0.39, 0.29) is 12.2 Å². The summed E-state index contributed by atoms with van der Waals surface area (Å²) in [5.41, 5.74) is 0. The van der Waals surface area contributed by atoms with Crippen LogP contribution in [-0.4, -0.2) is 38.6 Å². The van der Waals surface area contributed by atoms with Gasteiger partial charge in [0.2, 0.25) is 0 Å². The second-order valence-electron chi connectivity index (χ2n) is 6.34. The topological polar surface area (TPSA) is 27.7 Å². The van der Waals surface area contributed by atoms with Crippen molar-refractivity contribution in [2.75, 3.05) is 26.4 Å². The van der Waals surface area contributed by atoms with Crippen molar-refractivity contribution in [2.24, 2.45) is 11.8 Å². The fraction of sp³-hybridized carbons (Fsp3) is 0.889. The minimum absolute atomic E-state index is 0.255. The van der Waals surface area contributed by atoms with Crippen LogP contribution in [0.3, 0.4) is 0 Å². The molecule has 122 valence electrons. The Morgan fingerprint density at radius 2 is 1.24 bits per heavy atom. The summed E-state index contributed by atoms with van der Waals surface area (Å²) in [5.74, 6) is 0.959. The van der Waals surface area contributed by atoms with E-state index in [9.17, 15) is 0 Å². The van der Waals surface area contributed by atoms with E-state index >= 15 is 0 Å². The highest BCUT2D eigenvalue weighted by atomic mass is 16.5. The van der Waals surface area contributed by atoms with Crippen LogP contribution < -0.4 is 0 Å². The molecule has 0 aliphatic carbocycles. The highest BCUT2D eigenvalue weighted by Gasteiger charge is 2.45. The molecule has 3 nitrogen and oxygen atoms in total. The van der Waals surface area contributed by atoms with E-state index in [2.05, 4.69) is 26.0 Å². The molecular weight excluding hydrogens is 264 g/mol. The predicted octanol–water partition coefficient (Wildman–Crippen LogP) is 3.97. The number of hydrogen-bond acceptors (Lipinski definition) is 3. The van der Waals surface area contributed by atoms with E-state index in [1.165, 1.54) is 38.5 Å². The smallest absolute Gasteiger partial charge is 0.0819 e. The van der Waals surface area contributed by atoms with Gasteiger partial charge >= 0.3 is 0 Å². The van der Waals surface area contributed by atoms with Crippen LogP contribution in [0, 0.1) is 11.8 Å².